The van der Waals surface area contributed by atoms with Crippen molar-refractivity contribution in [1.82, 2.24) is 0 Å². The van der Waals surface area contributed by atoms with Gasteiger partial charge in [0.2, 0.25) is 5.75 Å². The minimum Gasteiger partial charge on any atom is -0.500 e. The van der Waals surface area contributed by atoms with Crippen LogP contribution in [0.25, 0.3) is 6.08 Å². The van der Waals surface area contributed by atoms with Gasteiger partial charge >= 0.3 is 5.69 Å². The smallest absolute Gasteiger partial charge is 0.315 e. The Bertz CT molecular complexity index is 932. The molecule has 0 radical (unpaired) electrons. The van der Waals surface area contributed by atoms with Gasteiger partial charge in [0.25, 0.3) is 0 Å². The number of nitro groups is 1. The Morgan fingerprint density at radius 2 is 2.12 bits per heavy atom. The molecule has 0 unspecified atom stereocenters. The molecule has 1 N–H and O–H groups in total. The number of hydrogen-bond donors (Lipinski definition) is 1. The molecule has 0 fully saturated rings. The zero-order valence-corrected chi connectivity index (χ0v) is 14.3. The number of ether oxygens (including phenoxy) is 2. The first kappa shape index (κ1) is 17.5. The second kappa shape index (κ2) is 6.87. The number of phenolic OH excluding ortho intramolecular Hbond substituents is 1. The van der Waals surface area contributed by atoms with Gasteiger partial charge in [0, 0.05) is 18.1 Å². The minimum atomic E-state index is -0.698. The molecule has 1 heterocycles. The number of aromatic hydroxyl groups is 1. The van der Waals surface area contributed by atoms with Crippen molar-refractivity contribution in [2.75, 3.05) is 13.7 Å². The lowest BCUT2D eigenvalue weighted by atomic mass is 9.97. The second-order valence-corrected chi connectivity index (χ2v) is 5.90. The van der Waals surface area contributed by atoms with Crippen LogP contribution in [0.2, 0.25) is 0 Å². The number of ketones is 1. The monoisotopic (exact) mass is 355 g/mol. The van der Waals surface area contributed by atoms with E-state index in [1.807, 2.05) is 13.0 Å². The van der Waals surface area contributed by atoms with E-state index in [0.717, 1.165) is 5.56 Å². The number of fused-ring (bicyclic) bond motifs is 1. The number of carbonyl (C=O) groups is 1. The zero-order chi connectivity index (χ0) is 18.8. The molecule has 0 saturated heterocycles. The van der Waals surface area contributed by atoms with Gasteiger partial charge < -0.3 is 14.6 Å². The van der Waals surface area contributed by atoms with Crippen LogP contribution in [0.4, 0.5) is 5.69 Å². The van der Waals surface area contributed by atoms with Crippen LogP contribution in [-0.2, 0) is 0 Å². The molecule has 7 heteroatoms. The molecule has 0 bridgehead atoms. The molecule has 0 saturated carbocycles. The van der Waals surface area contributed by atoms with E-state index in [2.05, 4.69) is 0 Å². The minimum absolute atomic E-state index is 0.0281. The topological polar surface area (TPSA) is 98.9 Å². The fourth-order valence-electron chi connectivity index (χ4n) is 2.90. The fraction of sp³-hybridized carbons (Fsp3) is 0.211. The number of benzene rings is 2. The molecular formula is C19H17NO6. The Morgan fingerprint density at radius 1 is 1.35 bits per heavy atom. The Balaban J connectivity index is 2.09. The molecular weight excluding hydrogens is 338 g/mol. The van der Waals surface area contributed by atoms with E-state index in [1.54, 1.807) is 18.2 Å². The summed E-state index contributed by atoms with van der Waals surface area (Å²) in [6.07, 6.45) is 1.93. The molecule has 0 spiro atoms. The van der Waals surface area contributed by atoms with E-state index in [1.165, 1.54) is 19.2 Å². The van der Waals surface area contributed by atoms with Crippen molar-refractivity contribution in [2.24, 2.45) is 0 Å². The van der Waals surface area contributed by atoms with Crippen LogP contribution in [0.3, 0.4) is 0 Å². The van der Waals surface area contributed by atoms with Gasteiger partial charge in [-0.25, -0.2) is 0 Å². The Hall–Kier alpha value is -3.35. The highest BCUT2D eigenvalue weighted by Crippen LogP contribution is 2.38. The summed E-state index contributed by atoms with van der Waals surface area (Å²) >= 11 is 0. The highest BCUT2D eigenvalue weighted by atomic mass is 16.6. The molecule has 0 aliphatic carbocycles. The highest BCUT2D eigenvalue weighted by molar-refractivity contribution is 6.13. The van der Waals surface area contributed by atoms with E-state index >= 15 is 0 Å². The predicted octanol–water partition coefficient (Wildman–Crippen LogP) is 3.67. The molecule has 1 aliphatic rings. The van der Waals surface area contributed by atoms with Crippen molar-refractivity contribution in [3.63, 3.8) is 0 Å². The number of methoxy groups -OCH3 is 1. The summed E-state index contributed by atoms with van der Waals surface area (Å²) < 4.78 is 10.7. The van der Waals surface area contributed by atoms with E-state index in [4.69, 9.17) is 9.47 Å². The summed E-state index contributed by atoms with van der Waals surface area (Å²) in [5, 5.41) is 21.0. The van der Waals surface area contributed by atoms with Crippen LogP contribution in [0.1, 0.15) is 27.9 Å². The van der Waals surface area contributed by atoms with Crippen LogP contribution in [-0.4, -0.2) is 29.5 Å². The average Bonchev–Trinajstić information content (AvgIpc) is 2.77. The maximum Gasteiger partial charge on any atom is 0.315 e. The number of phenols is 1. The number of nitrogens with zero attached hydrogens (tertiary/aromatic N) is 1. The highest BCUT2D eigenvalue weighted by Gasteiger charge is 2.24. The van der Waals surface area contributed by atoms with E-state index < -0.39 is 16.4 Å². The number of nitro benzene ring substituents is 1. The number of aryl methyl sites for hydroxylation is 1. The lowest BCUT2D eigenvalue weighted by Gasteiger charge is -2.08. The number of carbonyl (C=O) groups excluding carboxylic acids is 1. The molecule has 0 amide bonds. The largest absolute Gasteiger partial charge is 0.500 e. The van der Waals surface area contributed by atoms with Crippen molar-refractivity contribution < 1.29 is 24.3 Å². The number of Topliss-reactive ketones (excluding diaryl/α,β-unsaturated/α-hetero) is 1. The Labute approximate surface area is 149 Å². The van der Waals surface area contributed by atoms with Crippen LogP contribution in [0.15, 0.2) is 35.9 Å². The van der Waals surface area contributed by atoms with E-state index in [9.17, 15) is 20.0 Å². The SMILES string of the molecule is COc1cc(C=C2CCOc3c(C)cccc3C2=O)cc([N+](=O)[O-])c1O. The molecule has 3 rings (SSSR count). The first-order valence-electron chi connectivity index (χ1n) is 7.95. The van der Waals surface area contributed by atoms with Gasteiger partial charge in [-0.1, -0.05) is 12.1 Å². The third-order valence-electron chi connectivity index (χ3n) is 4.20. The third kappa shape index (κ3) is 3.11. The quantitative estimate of drug-likeness (QED) is 0.512. The van der Waals surface area contributed by atoms with Crippen LogP contribution < -0.4 is 9.47 Å². The van der Waals surface area contributed by atoms with Gasteiger partial charge in [0.1, 0.15) is 5.75 Å². The number of para-hydroxylation sites is 1. The predicted molar refractivity (Wildman–Crippen MR) is 94.9 cm³/mol. The van der Waals surface area contributed by atoms with E-state index in [0.29, 0.717) is 35.5 Å². The van der Waals surface area contributed by atoms with Gasteiger partial charge in [-0.2, -0.15) is 0 Å². The summed E-state index contributed by atoms with van der Waals surface area (Å²) in [6.45, 7) is 2.20. The molecule has 2 aromatic carbocycles. The number of rotatable bonds is 3. The Kier molecular flexibility index (Phi) is 4.62. The van der Waals surface area contributed by atoms with Crippen molar-refractivity contribution in [2.45, 2.75) is 13.3 Å². The van der Waals surface area contributed by atoms with Gasteiger partial charge in [-0.3, -0.25) is 14.9 Å². The van der Waals surface area contributed by atoms with Crippen molar-refractivity contribution in [3.05, 3.63) is 62.7 Å². The summed E-state index contributed by atoms with van der Waals surface area (Å²) in [7, 11) is 1.30. The molecule has 0 aromatic heterocycles. The van der Waals surface area contributed by atoms with Gasteiger partial charge in [-0.15, -0.1) is 0 Å². The molecule has 7 nitrogen and oxygen atoms in total. The molecule has 134 valence electrons. The molecule has 2 aromatic rings. The maximum atomic E-state index is 12.9. The maximum absolute atomic E-state index is 12.9. The van der Waals surface area contributed by atoms with E-state index in [-0.39, 0.29) is 11.5 Å². The standard InChI is InChI=1S/C19H17NO6/c1-11-4-3-5-14-17(21)13(6-7-26-19(11)14)8-12-9-15(20(23)24)18(22)16(10-12)25-2/h3-5,8-10,22H,6-7H2,1-2H3. The molecule has 0 atom stereocenters. The first-order valence-corrected chi connectivity index (χ1v) is 7.95. The lowest BCUT2D eigenvalue weighted by Crippen LogP contribution is -2.02. The summed E-state index contributed by atoms with van der Waals surface area (Å²) in [4.78, 5) is 23.3. The van der Waals surface area contributed by atoms with Gasteiger partial charge in [0.15, 0.2) is 11.5 Å². The van der Waals surface area contributed by atoms with Crippen molar-refractivity contribution in [3.8, 4) is 17.2 Å². The zero-order valence-electron chi connectivity index (χ0n) is 14.3. The number of hydrogen-bond acceptors (Lipinski definition) is 6. The molecule has 26 heavy (non-hydrogen) atoms. The van der Waals surface area contributed by atoms with Gasteiger partial charge in [0.05, 0.1) is 24.2 Å². The normalized spacial score (nSPS) is 15.2. The average molecular weight is 355 g/mol. The van der Waals surface area contributed by atoms with Crippen molar-refractivity contribution in [1.29, 1.82) is 0 Å². The van der Waals surface area contributed by atoms with Crippen LogP contribution in [0, 0.1) is 17.0 Å². The van der Waals surface area contributed by atoms with Gasteiger partial charge in [-0.05, 0) is 36.3 Å². The Morgan fingerprint density at radius 3 is 2.81 bits per heavy atom. The lowest BCUT2D eigenvalue weighted by molar-refractivity contribution is -0.386. The summed E-state index contributed by atoms with van der Waals surface area (Å²) in [5.41, 5.74) is 1.72. The van der Waals surface area contributed by atoms with Crippen LogP contribution >= 0.6 is 0 Å². The third-order valence-corrected chi connectivity index (χ3v) is 4.20. The van der Waals surface area contributed by atoms with Crippen molar-refractivity contribution >= 4 is 17.5 Å². The summed E-state index contributed by atoms with van der Waals surface area (Å²) in [6, 6.07) is 8.01. The second-order valence-electron chi connectivity index (χ2n) is 5.90. The fourth-order valence-corrected chi connectivity index (χ4v) is 2.90. The van der Waals surface area contributed by atoms with Crippen LogP contribution in [0.5, 0.6) is 17.2 Å². The molecule has 1 aliphatic heterocycles. The summed E-state index contributed by atoms with van der Waals surface area (Å²) in [5.74, 6) is -0.193. The first-order chi connectivity index (χ1) is 12.4.